The van der Waals surface area contributed by atoms with Crippen molar-refractivity contribution in [1.29, 1.82) is 0 Å². The van der Waals surface area contributed by atoms with Gasteiger partial charge in [-0.3, -0.25) is 0 Å². The zero-order chi connectivity index (χ0) is 16.5. The van der Waals surface area contributed by atoms with Gasteiger partial charge < -0.3 is 10.1 Å². The lowest BCUT2D eigenvalue weighted by atomic mass is 10.2. The van der Waals surface area contributed by atoms with E-state index in [-0.39, 0.29) is 11.5 Å². The highest BCUT2D eigenvalue weighted by Gasteiger charge is 2.19. The molecule has 1 atom stereocenters. The smallest absolute Gasteiger partial charge is 0.224 e. The van der Waals surface area contributed by atoms with E-state index in [1.807, 2.05) is 41.9 Å². The van der Waals surface area contributed by atoms with Crippen molar-refractivity contribution >= 4 is 34.1 Å². The number of rotatable bonds is 3. The molecule has 2 aromatic heterocycles. The van der Waals surface area contributed by atoms with Gasteiger partial charge in [-0.1, -0.05) is 12.1 Å². The zero-order valence-corrected chi connectivity index (χ0v) is 14.1. The van der Waals surface area contributed by atoms with E-state index >= 15 is 0 Å². The number of halogens is 1. The van der Waals surface area contributed by atoms with Gasteiger partial charge in [-0.05, 0) is 49.9 Å². The second-order valence-corrected chi connectivity index (χ2v) is 6.26. The number of hydrogen-bond acceptors (Lipinski definition) is 5. The number of nitrogens with zero attached hydrogens (tertiary/aromatic N) is 4. The van der Waals surface area contributed by atoms with Gasteiger partial charge in [-0.2, -0.15) is 10.1 Å². The van der Waals surface area contributed by atoms with E-state index in [0.717, 1.165) is 41.9 Å². The van der Waals surface area contributed by atoms with E-state index in [1.54, 1.807) is 0 Å². The highest BCUT2D eigenvalue weighted by molar-refractivity contribution is 6.28. The van der Waals surface area contributed by atoms with Crippen LogP contribution in [0.2, 0.25) is 5.28 Å². The van der Waals surface area contributed by atoms with Gasteiger partial charge in [0.05, 0.1) is 5.52 Å². The molecule has 1 unspecified atom stereocenters. The molecule has 1 fully saturated rings. The first kappa shape index (κ1) is 15.4. The minimum Gasteiger partial charge on any atom is -0.357 e. The Balaban J connectivity index is 1.66. The number of fused-ring (bicyclic) bond motifs is 1. The van der Waals surface area contributed by atoms with Crippen LogP contribution in [0.4, 0.5) is 11.6 Å². The summed E-state index contributed by atoms with van der Waals surface area (Å²) in [5, 5.41) is 9.02. The van der Waals surface area contributed by atoms with Crippen LogP contribution in [0.5, 0.6) is 0 Å². The average molecular weight is 344 g/mol. The Bertz CT molecular complexity index is 873. The topological polar surface area (TPSA) is 64.9 Å². The van der Waals surface area contributed by atoms with E-state index in [0.29, 0.717) is 5.82 Å². The van der Waals surface area contributed by atoms with Crippen molar-refractivity contribution in [3.05, 3.63) is 41.3 Å². The molecule has 1 aromatic carbocycles. The van der Waals surface area contributed by atoms with Gasteiger partial charge in [-0.15, -0.1) is 0 Å². The molecule has 124 valence electrons. The molecular formula is C17H18ClN5O. The van der Waals surface area contributed by atoms with E-state index < -0.39 is 0 Å². The third-order valence-electron chi connectivity index (χ3n) is 4.17. The summed E-state index contributed by atoms with van der Waals surface area (Å²) in [7, 11) is 0. The van der Waals surface area contributed by atoms with Crippen LogP contribution in [0.25, 0.3) is 10.9 Å². The second kappa shape index (κ2) is 6.37. The fourth-order valence-electron chi connectivity index (χ4n) is 3.02. The molecule has 1 aliphatic heterocycles. The molecule has 4 rings (SSSR count). The van der Waals surface area contributed by atoms with Crippen molar-refractivity contribution in [2.45, 2.75) is 32.4 Å². The first-order valence-electron chi connectivity index (χ1n) is 8.08. The predicted molar refractivity (Wildman–Crippen MR) is 93.6 cm³/mol. The van der Waals surface area contributed by atoms with Gasteiger partial charge in [0.25, 0.3) is 0 Å². The van der Waals surface area contributed by atoms with Crippen LogP contribution >= 0.6 is 11.6 Å². The first-order valence-corrected chi connectivity index (χ1v) is 8.45. The Labute approximate surface area is 144 Å². The number of ether oxygens (including phenoxy) is 1. The minimum atomic E-state index is 0.0139. The third kappa shape index (κ3) is 2.95. The van der Waals surface area contributed by atoms with Crippen LogP contribution < -0.4 is 5.32 Å². The maximum atomic E-state index is 6.04. The van der Waals surface area contributed by atoms with Crippen molar-refractivity contribution in [3.63, 3.8) is 0 Å². The average Bonchev–Trinajstić information content (AvgIpc) is 2.96. The van der Waals surface area contributed by atoms with Gasteiger partial charge in [0, 0.05) is 23.8 Å². The quantitative estimate of drug-likeness (QED) is 0.721. The molecule has 0 aliphatic carbocycles. The van der Waals surface area contributed by atoms with Crippen LogP contribution in [0, 0.1) is 6.92 Å². The summed E-state index contributed by atoms with van der Waals surface area (Å²) in [5.74, 6) is 1.38. The van der Waals surface area contributed by atoms with Crippen molar-refractivity contribution in [2.75, 3.05) is 11.9 Å². The molecule has 0 radical (unpaired) electrons. The molecule has 3 heterocycles. The maximum absolute atomic E-state index is 6.04. The number of aryl methyl sites for hydroxylation is 1. The summed E-state index contributed by atoms with van der Waals surface area (Å²) in [5.41, 5.74) is 1.85. The van der Waals surface area contributed by atoms with Gasteiger partial charge >= 0.3 is 0 Å². The van der Waals surface area contributed by atoms with Crippen LogP contribution in [-0.4, -0.2) is 26.4 Å². The molecule has 1 saturated heterocycles. The Hall–Kier alpha value is -2.18. The summed E-state index contributed by atoms with van der Waals surface area (Å²) in [6, 6.07) is 9.73. The van der Waals surface area contributed by atoms with Crippen molar-refractivity contribution in [3.8, 4) is 0 Å². The number of nitrogens with one attached hydrogen (secondary N) is 1. The van der Waals surface area contributed by atoms with Gasteiger partial charge in [0.1, 0.15) is 5.82 Å². The summed E-state index contributed by atoms with van der Waals surface area (Å²) < 4.78 is 7.76. The highest BCUT2D eigenvalue weighted by Crippen LogP contribution is 2.28. The van der Waals surface area contributed by atoms with Crippen molar-refractivity contribution in [2.24, 2.45) is 0 Å². The molecular weight excluding hydrogens is 326 g/mol. The summed E-state index contributed by atoms with van der Waals surface area (Å²) in [6.07, 6.45) is 3.29. The lowest BCUT2D eigenvalue weighted by Crippen LogP contribution is -2.20. The maximum Gasteiger partial charge on any atom is 0.224 e. The van der Waals surface area contributed by atoms with Crippen molar-refractivity contribution in [1.82, 2.24) is 19.7 Å². The van der Waals surface area contributed by atoms with Gasteiger partial charge in [0.2, 0.25) is 5.28 Å². The van der Waals surface area contributed by atoms with Crippen LogP contribution in [-0.2, 0) is 4.74 Å². The molecule has 1 aliphatic rings. The predicted octanol–water partition coefficient (Wildman–Crippen LogP) is 4.23. The van der Waals surface area contributed by atoms with Gasteiger partial charge in [0.15, 0.2) is 12.0 Å². The fraction of sp³-hybridized carbons (Fsp3) is 0.353. The largest absolute Gasteiger partial charge is 0.357 e. The molecule has 24 heavy (non-hydrogen) atoms. The Morgan fingerprint density at radius 2 is 2.12 bits per heavy atom. The van der Waals surface area contributed by atoms with Crippen molar-refractivity contribution < 1.29 is 4.74 Å². The van der Waals surface area contributed by atoms with Crippen LogP contribution in [0.1, 0.15) is 31.2 Å². The standard InChI is InChI=1S/C17H18ClN5O/c1-11-10-14(22-23(11)15-8-4-5-9-24-15)20-16-12-6-2-3-7-13(12)19-17(18)21-16/h2-3,6-7,10,15H,4-5,8-9H2,1H3,(H,19,20,21,22). The molecule has 0 bridgehead atoms. The highest BCUT2D eigenvalue weighted by atomic mass is 35.5. The van der Waals surface area contributed by atoms with E-state index in [4.69, 9.17) is 16.3 Å². The molecule has 1 N–H and O–H groups in total. The monoisotopic (exact) mass is 343 g/mol. The normalized spacial score (nSPS) is 18.0. The Morgan fingerprint density at radius 3 is 2.96 bits per heavy atom. The molecule has 7 heteroatoms. The molecule has 6 nitrogen and oxygen atoms in total. The third-order valence-corrected chi connectivity index (χ3v) is 4.34. The number of para-hydroxylation sites is 1. The number of benzene rings is 1. The lowest BCUT2D eigenvalue weighted by molar-refractivity contribution is -0.0404. The zero-order valence-electron chi connectivity index (χ0n) is 13.4. The Kier molecular flexibility index (Phi) is 4.08. The number of anilines is 2. The van der Waals surface area contributed by atoms with E-state index in [2.05, 4.69) is 20.4 Å². The molecule has 3 aromatic rings. The molecule has 0 saturated carbocycles. The number of hydrogen-bond donors (Lipinski definition) is 1. The summed E-state index contributed by atoms with van der Waals surface area (Å²) >= 11 is 6.04. The Morgan fingerprint density at radius 1 is 1.25 bits per heavy atom. The first-order chi connectivity index (χ1) is 11.7. The molecule has 0 spiro atoms. The van der Waals surface area contributed by atoms with Crippen LogP contribution in [0.3, 0.4) is 0 Å². The lowest BCUT2D eigenvalue weighted by Gasteiger charge is -2.23. The SMILES string of the molecule is Cc1cc(Nc2nc(Cl)nc3ccccc23)nn1C1CCCCO1. The second-order valence-electron chi connectivity index (χ2n) is 5.92. The summed E-state index contributed by atoms with van der Waals surface area (Å²) in [4.78, 5) is 8.55. The van der Waals surface area contributed by atoms with E-state index in [1.165, 1.54) is 6.42 Å². The fourth-order valence-corrected chi connectivity index (χ4v) is 3.20. The number of aromatic nitrogens is 4. The van der Waals surface area contributed by atoms with Crippen LogP contribution in [0.15, 0.2) is 30.3 Å². The minimum absolute atomic E-state index is 0.0139. The summed E-state index contributed by atoms with van der Waals surface area (Å²) in [6.45, 7) is 2.82. The molecule has 0 amide bonds. The van der Waals surface area contributed by atoms with Gasteiger partial charge in [-0.25, -0.2) is 9.67 Å². The van der Waals surface area contributed by atoms with E-state index in [9.17, 15) is 0 Å².